The maximum atomic E-state index is 12.6. The Bertz CT molecular complexity index is 1050. The summed E-state index contributed by atoms with van der Waals surface area (Å²) >= 11 is 0. The van der Waals surface area contributed by atoms with E-state index in [9.17, 15) is 28.0 Å². The molecule has 1 aliphatic rings. The fourth-order valence-corrected chi connectivity index (χ4v) is 2.89. The van der Waals surface area contributed by atoms with E-state index in [0.29, 0.717) is 22.0 Å². The first-order valence-electron chi connectivity index (χ1n) is 9.69. The summed E-state index contributed by atoms with van der Waals surface area (Å²) in [5.74, 6) is -0.579. The first-order valence-corrected chi connectivity index (χ1v) is 9.69. The third-order valence-corrected chi connectivity index (χ3v) is 4.68. The minimum atomic E-state index is -4.52. The molecule has 1 fully saturated rings. The Morgan fingerprint density at radius 1 is 1.25 bits per heavy atom. The average molecular weight is 447 g/mol. The molecule has 1 atom stereocenters. The second-order valence-corrected chi connectivity index (χ2v) is 7.46. The van der Waals surface area contributed by atoms with Gasteiger partial charge in [0.05, 0.1) is 23.8 Å². The molecule has 9 nitrogen and oxygen atoms in total. The molecule has 3 rings (SSSR count). The molecule has 0 radical (unpaired) electrons. The Morgan fingerprint density at radius 3 is 2.53 bits per heavy atom. The van der Waals surface area contributed by atoms with Crippen LogP contribution in [0.15, 0.2) is 24.7 Å². The topological polar surface area (TPSA) is 124 Å². The van der Waals surface area contributed by atoms with E-state index in [1.165, 1.54) is 31.6 Å². The van der Waals surface area contributed by atoms with Gasteiger partial charge in [0, 0.05) is 24.7 Å². The summed E-state index contributed by atoms with van der Waals surface area (Å²) in [5.41, 5.74) is 0.984. The number of nitriles is 1. The number of hydrogen-bond acceptors (Lipinski definition) is 7. The molecule has 168 valence electrons. The van der Waals surface area contributed by atoms with E-state index in [0.717, 1.165) is 19.9 Å². The molecule has 0 aliphatic heterocycles. The predicted octanol–water partition coefficient (Wildman–Crippen LogP) is 2.58. The summed E-state index contributed by atoms with van der Waals surface area (Å²) in [4.78, 5) is 37.0. The van der Waals surface area contributed by atoms with Crippen molar-refractivity contribution >= 4 is 23.3 Å². The number of halogens is 3. The number of hydrogen-bond donors (Lipinski definition) is 2. The van der Waals surface area contributed by atoms with Crippen LogP contribution < -0.4 is 10.6 Å². The van der Waals surface area contributed by atoms with Gasteiger partial charge in [0.15, 0.2) is 11.5 Å². The molecule has 2 aromatic rings. The van der Waals surface area contributed by atoms with Crippen LogP contribution >= 0.6 is 0 Å². The van der Waals surface area contributed by atoms with Crippen molar-refractivity contribution in [2.24, 2.45) is 5.92 Å². The Balaban J connectivity index is 1.74. The monoisotopic (exact) mass is 447 g/mol. The second-order valence-electron chi connectivity index (χ2n) is 7.46. The predicted molar refractivity (Wildman–Crippen MR) is 108 cm³/mol. The van der Waals surface area contributed by atoms with Gasteiger partial charge in [0.2, 0.25) is 11.8 Å². The first-order chi connectivity index (χ1) is 15.1. The van der Waals surface area contributed by atoms with E-state index in [1.807, 2.05) is 6.07 Å². The number of carbonyl (C=O) groups is 2. The molecule has 1 aliphatic carbocycles. The average Bonchev–Trinajstić information content (AvgIpc) is 3.58. The molecule has 0 bridgehead atoms. The summed E-state index contributed by atoms with van der Waals surface area (Å²) in [6, 6.07) is 2.33. The molecule has 2 heterocycles. The van der Waals surface area contributed by atoms with E-state index >= 15 is 0 Å². The maximum absolute atomic E-state index is 12.6. The Kier molecular flexibility index (Phi) is 6.57. The summed E-state index contributed by atoms with van der Waals surface area (Å²) in [5, 5.41) is 14.7. The number of pyridine rings is 1. The Morgan fingerprint density at radius 2 is 1.97 bits per heavy atom. The van der Waals surface area contributed by atoms with Gasteiger partial charge in [-0.2, -0.15) is 18.4 Å². The van der Waals surface area contributed by atoms with Crippen molar-refractivity contribution in [3.8, 4) is 17.3 Å². The van der Waals surface area contributed by atoms with Gasteiger partial charge in [-0.1, -0.05) is 0 Å². The summed E-state index contributed by atoms with van der Waals surface area (Å²) in [6.07, 6.45) is 1.39. The van der Waals surface area contributed by atoms with Gasteiger partial charge in [0.1, 0.15) is 18.7 Å². The number of likely N-dealkylation sites (N-methyl/N-ethyl adjacent to an activating group) is 1. The molecule has 1 saturated carbocycles. The highest BCUT2D eigenvalue weighted by atomic mass is 19.4. The van der Waals surface area contributed by atoms with Gasteiger partial charge in [0.25, 0.3) is 0 Å². The van der Waals surface area contributed by atoms with E-state index < -0.39 is 24.7 Å². The molecule has 0 aromatic carbocycles. The highest BCUT2D eigenvalue weighted by Crippen LogP contribution is 2.30. The molecular formula is C20H20F3N7O2. The molecule has 0 spiro atoms. The lowest BCUT2D eigenvalue weighted by Crippen LogP contribution is -2.43. The van der Waals surface area contributed by atoms with E-state index in [1.54, 1.807) is 0 Å². The number of rotatable bonds is 7. The highest BCUT2D eigenvalue weighted by molar-refractivity contribution is 5.93. The lowest BCUT2D eigenvalue weighted by Gasteiger charge is -2.24. The van der Waals surface area contributed by atoms with Crippen LogP contribution in [0.5, 0.6) is 0 Å². The molecule has 32 heavy (non-hydrogen) atoms. The molecule has 2 aromatic heterocycles. The van der Waals surface area contributed by atoms with Crippen LogP contribution in [0.1, 0.15) is 25.5 Å². The quantitative estimate of drug-likeness (QED) is 0.669. The van der Waals surface area contributed by atoms with Gasteiger partial charge in [-0.05, 0) is 25.8 Å². The number of nitrogens with one attached hydrogen (secondary N) is 2. The highest BCUT2D eigenvalue weighted by Gasteiger charge is 2.33. The van der Waals surface area contributed by atoms with Crippen molar-refractivity contribution in [1.82, 2.24) is 19.9 Å². The van der Waals surface area contributed by atoms with Crippen molar-refractivity contribution in [3.05, 3.63) is 30.4 Å². The number of amides is 2. The van der Waals surface area contributed by atoms with Gasteiger partial charge in [-0.25, -0.2) is 9.97 Å². The lowest BCUT2D eigenvalue weighted by molar-refractivity contribution is -0.158. The minimum absolute atomic E-state index is 0.0210. The van der Waals surface area contributed by atoms with Crippen LogP contribution in [-0.4, -0.2) is 57.5 Å². The van der Waals surface area contributed by atoms with Gasteiger partial charge in [-0.15, -0.1) is 0 Å². The third-order valence-electron chi connectivity index (χ3n) is 4.68. The van der Waals surface area contributed by atoms with Gasteiger partial charge < -0.3 is 15.5 Å². The van der Waals surface area contributed by atoms with Gasteiger partial charge >= 0.3 is 6.18 Å². The van der Waals surface area contributed by atoms with Crippen LogP contribution in [-0.2, 0) is 9.59 Å². The zero-order valence-electron chi connectivity index (χ0n) is 17.3. The third kappa shape index (κ3) is 5.90. The van der Waals surface area contributed by atoms with E-state index in [-0.39, 0.29) is 23.2 Å². The maximum Gasteiger partial charge on any atom is 0.406 e. The smallest absolute Gasteiger partial charge is 0.372 e. The van der Waals surface area contributed by atoms with E-state index in [4.69, 9.17) is 0 Å². The first kappa shape index (κ1) is 22.9. The van der Waals surface area contributed by atoms with Crippen LogP contribution in [0, 0.1) is 17.2 Å². The Labute approximate surface area is 181 Å². The molecular weight excluding hydrogens is 427 g/mol. The summed E-state index contributed by atoms with van der Waals surface area (Å²) in [6.45, 7) is 0.000651. The number of anilines is 2. The normalized spacial score (nSPS) is 14.2. The lowest BCUT2D eigenvalue weighted by atomic mass is 10.1. The van der Waals surface area contributed by atoms with Crippen molar-refractivity contribution in [3.63, 3.8) is 0 Å². The van der Waals surface area contributed by atoms with Crippen LogP contribution in [0.4, 0.5) is 24.7 Å². The standard InChI is InChI=1S/C20H20F3N7O2/c1-11(19(32)30(2)10-20(21,22)23)28-14-5-13(7-25-15(14)6-24)16-8-27-17(9-26-16)29-18(31)12-3-4-12/h5,7-9,11-12,28H,3-4,10H2,1-2H3,(H,27,29,31)/t11-/m0/s1. The zero-order chi connectivity index (χ0) is 23.5. The molecule has 2 N–H and O–H groups in total. The molecule has 12 heteroatoms. The number of aromatic nitrogens is 3. The zero-order valence-corrected chi connectivity index (χ0v) is 17.3. The molecule has 0 saturated heterocycles. The van der Waals surface area contributed by atoms with Crippen LogP contribution in [0.25, 0.3) is 11.3 Å². The van der Waals surface area contributed by atoms with Crippen molar-refractivity contribution in [1.29, 1.82) is 5.26 Å². The largest absolute Gasteiger partial charge is 0.406 e. The molecule has 0 unspecified atom stereocenters. The van der Waals surface area contributed by atoms with E-state index in [2.05, 4.69) is 25.6 Å². The molecule has 2 amide bonds. The minimum Gasteiger partial charge on any atom is -0.372 e. The fourth-order valence-electron chi connectivity index (χ4n) is 2.89. The number of alkyl halides is 3. The fraction of sp³-hybridized carbons (Fsp3) is 0.400. The number of carbonyl (C=O) groups excluding carboxylic acids is 2. The van der Waals surface area contributed by atoms with Crippen LogP contribution in [0.3, 0.4) is 0 Å². The van der Waals surface area contributed by atoms with Crippen LogP contribution in [0.2, 0.25) is 0 Å². The number of nitrogens with zero attached hydrogens (tertiary/aromatic N) is 5. The summed E-state index contributed by atoms with van der Waals surface area (Å²) in [7, 11) is 1.05. The van der Waals surface area contributed by atoms with Crippen molar-refractivity contribution < 1.29 is 22.8 Å². The van der Waals surface area contributed by atoms with Crippen molar-refractivity contribution in [2.75, 3.05) is 24.2 Å². The SMILES string of the molecule is C[C@H](Nc1cc(-c2cnc(NC(=O)C3CC3)cn2)cnc1C#N)C(=O)N(C)CC(F)(F)F. The second kappa shape index (κ2) is 9.17. The van der Waals surface area contributed by atoms with Crippen molar-refractivity contribution in [2.45, 2.75) is 32.0 Å². The Hall–Kier alpha value is -3.75. The summed E-state index contributed by atoms with van der Waals surface area (Å²) < 4.78 is 37.7. The van der Waals surface area contributed by atoms with Gasteiger partial charge in [-0.3, -0.25) is 14.6 Å².